The van der Waals surface area contributed by atoms with E-state index in [2.05, 4.69) is 22.2 Å². The Morgan fingerprint density at radius 1 is 1.30 bits per heavy atom. The van der Waals surface area contributed by atoms with Gasteiger partial charge in [0.2, 0.25) is 5.91 Å². The van der Waals surface area contributed by atoms with E-state index in [1.165, 1.54) is 0 Å². The number of likely N-dealkylation sites (N-methyl/N-ethyl adjacent to an activating group) is 1. The molecule has 27 heavy (non-hydrogen) atoms. The second kappa shape index (κ2) is 7.54. The Bertz CT molecular complexity index is 667. The maximum Gasteiger partial charge on any atom is 0.317 e. The Hall–Kier alpha value is -2.02. The summed E-state index contributed by atoms with van der Waals surface area (Å²) in [6.45, 7) is 4.87. The minimum absolute atomic E-state index is 0.0255. The molecule has 1 atom stereocenters. The summed E-state index contributed by atoms with van der Waals surface area (Å²) in [5.74, 6) is 1.08. The van der Waals surface area contributed by atoms with Crippen molar-refractivity contribution in [3.63, 3.8) is 0 Å². The number of carbonyl (C=O) groups excluding carboxylic acids is 2. The lowest BCUT2D eigenvalue weighted by Gasteiger charge is -2.48. The number of rotatable bonds is 3. The quantitative estimate of drug-likeness (QED) is 0.877. The zero-order valence-corrected chi connectivity index (χ0v) is 16.2. The first-order valence-electron chi connectivity index (χ1n) is 10.1. The van der Waals surface area contributed by atoms with Crippen molar-refractivity contribution in [2.75, 3.05) is 39.8 Å². The van der Waals surface area contributed by atoms with Crippen LogP contribution < -0.4 is 5.32 Å². The van der Waals surface area contributed by atoms with Gasteiger partial charge >= 0.3 is 6.03 Å². The standard InChI is InChI=1S/C20H30N4O3/c1-22-9-5-16(14-22)24-15-20(6-4-18(24)25)7-10-23(11-8-20)19(26)21-13-17-3-2-12-27-17/h2-3,12,16H,4-11,13-15H2,1H3,(H,21,26)/t16-/m0/s1. The SMILES string of the molecule is CN1CC[C@H](N2CC3(CCC2=O)CCN(C(=O)NCc2ccco2)CC3)C1. The molecule has 7 nitrogen and oxygen atoms in total. The zero-order chi connectivity index (χ0) is 18.9. The molecule has 1 aromatic heterocycles. The van der Waals surface area contributed by atoms with Gasteiger partial charge in [0.25, 0.3) is 0 Å². The highest BCUT2D eigenvalue weighted by Crippen LogP contribution is 2.41. The summed E-state index contributed by atoms with van der Waals surface area (Å²) in [7, 11) is 2.13. The number of hydrogen-bond acceptors (Lipinski definition) is 4. The average Bonchev–Trinajstić information content (AvgIpc) is 3.34. The van der Waals surface area contributed by atoms with Crippen LogP contribution in [-0.2, 0) is 11.3 Å². The van der Waals surface area contributed by atoms with Gasteiger partial charge in [0.05, 0.1) is 12.8 Å². The predicted octanol–water partition coefficient (Wildman–Crippen LogP) is 1.90. The fraction of sp³-hybridized carbons (Fsp3) is 0.700. The fourth-order valence-corrected chi connectivity index (χ4v) is 4.82. The van der Waals surface area contributed by atoms with Gasteiger partial charge in [0.1, 0.15) is 5.76 Å². The molecule has 1 N–H and O–H groups in total. The van der Waals surface area contributed by atoms with Gasteiger partial charge in [-0.05, 0) is 56.8 Å². The first-order valence-corrected chi connectivity index (χ1v) is 10.1. The molecule has 0 aromatic carbocycles. The minimum atomic E-state index is -0.0255. The van der Waals surface area contributed by atoms with E-state index < -0.39 is 0 Å². The Balaban J connectivity index is 1.30. The molecule has 3 saturated heterocycles. The fourth-order valence-electron chi connectivity index (χ4n) is 4.82. The largest absolute Gasteiger partial charge is 0.467 e. The number of urea groups is 1. The van der Waals surface area contributed by atoms with Crippen LogP contribution in [0.4, 0.5) is 4.79 Å². The number of amides is 3. The number of likely N-dealkylation sites (tertiary alicyclic amines) is 3. The van der Waals surface area contributed by atoms with Crippen LogP contribution >= 0.6 is 0 Å². The van der Waals surface area contributed by atoms with Crippen molar-refractivity contribution in [2.45, 2.75) is 44.7 Å². The summed E-state index contributed by atoms with van der Waals surface area (Å²) in [4.78, 5) is 31.3. The molecule has 7 heteroatoms. The van der Waals surface area contributed by atoms with E-state index >= 15 is 0 Å². The highest BCUT2D eigenvalue weighted by Gasteiger charge is 2.44. The molecule has 3 aliphatic rings. The first-order chi connectivity index (χ1) is 13.0. The van der Waals surface area contributed by atoms with Crippen LogP contribution in [0.25, 0.3) is 0 Å². The topological polar surface area (TPSA) is 69.0 Å². The molecule has 0 aliphatic carbocycles. The molecule has 0 bridgehead atoms. The van der Waals surface area contributed by atoms with Crippen molar-refractivity contribution in [3.05, 3.63) is 24.2 Å². The molecule has 4 heterocycles. The third kappa shape index (κ3) is 3.98. The molecule has 1 spiro atoms. The number of nitrogens with zero attached hydrogens (tertiary/aromatic N) is 3. The molecule has 0 saturated carbocycles. The smallest absolute Gasteiger partial charge is 0.317 e. The van der Waals surface area contributed by atoms with Crippen LogP contribution in [0.15, 0.2) is 22.8 Å². The van der Waals surface area contributed by atoms with Crippen molar-refractivity contribution >= 4 is 11.9 Å². The molecule has 0 unspecified atom stereocenters. The van der Waals surface area contributed by atoms with Crippen LogP contribution in [0, 0.1) is 5.41 Å². The van der Waals surface area contributed by atoms with Gasteiger partial charge in [-0.25, -0.2) is 4.79 Å². The molecular weight excluding hydrogens is 344 g/mol. The molecule has 1 aromatic rings. The van der Waals surface area contributed by atoms with E-state index in [9.17, 15) is 9.59 Å². The van der Waals surface area contributed by atoms with Crippen LogP contribution in [0.5, 0.6) is 0 Å². The monoisotopic (exact) mass is 374 g/mol. The van der Waals surface area contributed by atoms with E-state index in [1.807, 2.05) is 17.0 Å². The minimum Gasteiger partial charge on any atom is -0.467 e. The second-order valence-corrected chi connectivity index (χ2v) is 8.45. The second-order valence-electron chi connectivity index (χ2n) is 8.45. The van der Waals surface area contributed by atoms with Crippen LogP contribution in [0.1, 0.15) is 37.9 Å². The Kier molecular flexibility index (Phi) is 5.12. The van der Waals surface area contributed by atoms with Gasteiger partial charge in [-0.1, -0.05) is 0 Å². The molecule has 4 rings (SSSR count). The lowest BCUT2D eigenvalue weighted by Crippen LogP contribution is -2.56. The Labute approximate surface area is 160 Å². The van der Waals surface area contributed by atoms with Crippen molar-refractivity contribution in [2.24, 2.45) is 5.41 Å². The first kappa shape index (κ1) is 18.3. The normalized spacial score (nSPS) is 26.0. The summed E-state index contributed by atoms with van der Waals surface area (Å²) in [6, 6.07) is 4.03. The van der Waals surface area contributed by atoms with Crippen molar-refractivity contribution in [1.29, 1.82) is 0 Å². The molecule has 3 aliphatic heterocycles. The molecule has 3 fully saturated rings. The lowest BCUT2D eigenvalue weighted by atomic mass is 9.72. The van der Waals surface area contributed by atoms with Crippen molar-refractivity contribution < 1.29 is 14.0 Å². The summed E-state index contributed by atoms with van der Waals surface area (Å²) >= 11 is 0. The van der Waals surface area contributed by atoms with E-state index in [-0.39, 0.29) is 11.4 Å². The van der Waals surface area contributed by atoms with Gasteiger partial charge in [-0.15, -0.1) is 0 Å². The van der Waals surface area contributed by atoms with E-state index in [1.54, 1.807) is 6.26 Å². The number of furan rings is 1. The number of piperidine rings is 2. The molecule has 148 valence electrons. The zero-order valence-electron chi connectivity index (χ0n) is 16.2. The number of carbonyl (C=O) groups is 2. The lowest BCUT2D eigenvalue weighted by molar-refractivity contribution is -0.141. The predicted molar refractivity (Wildman–Crippen MR) is 101 cm³/mol. The van der Waals surface area contributed by atoms with Crippen LogP contribution in [-0.4, -0.2) is 72.5 Å². The van der Waals surface area contributed by atoms with Crippen LogP contribution in [0.3, 0.4) is 0 Å². The Morgan fingerprint density at radius 3 is 2.78 bits per heavy atom. The number of hydrogen-bond donors (Lipinski definition) is 1. The van der Waals surface area contributed by atoms with E-state index in [0.717, 1.165) is 64.2 Å². The average molecular weight is 374 g/mol. The van der Waals surface area contributed by atoms with Gasteiger partial charge in [-0.2, -0.15) is 0 Å². The van der Waals surface area contributed by atoms with E-state index in [0.29, 0.717) is 24.9 Å². The third-order valence-electron chi connectivity index (χ3n) is 6.61. The van der Waals surface area contributed by atoms with Gasteiger partial charge in [0, 0.05) is 38.6 Å². The Morgan fingerprint density at radius 2 is 2.11 bits per heavy atom. The molecular formula is C20H30N4O3. The van der Waals surface area contributed by atoms with Crippen LogP contribution in [0.2, 0.25) is 0 Å². The summed E-state index contributed by atoms with van der Waals surface area (Å²) in [6.07, 6.45) is 6.28. The molecule has 0 radical (unpaired) electrons. The van der Waals surface area contributed by atoms with E-state index in [4.69, 9.17) is 4.42 Å². The van der Waals surface area contributed by atoms with Gasteiger partial charge in [0.15, 0.2) is 0 Å². The highest BCUT2D eigenvalue weighted by atomic mass is 16.3. The summed E-state index contributed by atoms with van der Waals surface area (Å²) in [5, 5.41) is 2.93. The van der Waals surface area contributed by atoms with Gasteiger partial charge in [-0.3, -0.25) is 4.79 Å². The summed E-state index contributed by atoms with van der Waals surface area (Å²) < 4.78 is 5.27. The van der Waals surface area contributed by atoms with Gasteiger partial charge < -0.3 is 24.4 Å². The maximum absolute atomic E-state index is 12.5. The molecule has 3 amide bonds. The van der Waals surface area contributed by atoms with Crippen molar-refractivity contribution in [3.8, 4) is 0 Å². The highest BCUT2D eigenvalue weighted by molar-refractivity contribution is 5.78. The summed E-state index contributed by atoms with van der Waals surface area (Å²) in [5.41, 5.74) is 0.187. The van der Waals surface area contributed by atoms with Crippen molar-refractivity contribution in [1.82, 2.24) is 20.0 Å². The number of nitrogens with one attached hydrogen (secondary N) is 1. The maximum atomic E-state index is 12.5. The third-order valence-corrected chi connectivity index (χ3v) is 6.61.